The minimum absolute atomic E-state index is 0.0559. The van der Waals surface area contributed by atoms with Gasteiger partial charge in [-0.2, -0.15) is 5.10 Å². The first-order chi connectivity index (χ1) is 14.5. The molecule has 7 heteroatoms. The number of ether oxygens (including phenoxy) is 3. The summed E-state index contributed by atoms with van der Waals surface area (Å²) in [6, 6.07) is 13.2. The predicted molar refractivity (Wildman–Crippen MR) is 114 cm³/mol. The molecule has 0 fully saturated rings. The van der Waals surface area contributed by atoms with Crippen LogP contribution < -0.4 is 19.5 Å². The second-order valence-corrected chi connectivity index (χ2v) is 7.17. The van der Waals surface area contributed by atoms with Crippen molar-refractivity contribution in [2.75, 3.05) is 25.6 Å². The number of aryl methyl sites for hydroxylation is 1. The third-order valence-electron chi connectivity index (χ3n) is 5.17. The molecular formula is C23H25N3O4. The zero-order valence-corrected chi connectivity index (χ0v) is 17.4. The molecule has 30 heavy (non-hydrogen) atoms. The fourth-order valence-electron chi connectivity index (χ4n) is 3.61. The van der Waals surface area contributed by atoms with Crippen molar-refractivity contribution in [3.05, 3.63) is 59.4 Å². The van der Waals surface area contributed by atoms with Crippen molar-refractivity contribution >= 4 is 11.6 Å². The first kappa shape index (κ1) is 19.8. The van der Waals surface area contributed by atoms with Gasteiger partial charge in [-0.15, -0.1) is 0 Å². The lowest BCUT2D eigenvalue weighted by molar-refractivity contribution is -0.116. The zero-order valence-electron chi connectivity index (χ0n) is 17.4. The number of hydrogen-bond donors (Lipinski definition) is 1. The summed E-state index contributed by atoms with van der Waals surface area (Å²) in [6.07, 6.45) is 0.970. The highest BCUT2D eigenvalue weighted by atomic mass is 16.6. The van der Waals surface area contributed by atoms with Crippen LogP contribution in [0.3, 0.4) is 0 Å². The standard InChI is InChI=1S/C23H25N3O4/c1-15-20(16(2)26(25-15)18-5-4-6-19(14-18)28-3)8-10-23(27)24-17-7-9-21-22(13-17)30-12-11-29-21/h4-7,9,13-14H,8,10-12H2,1-3H3,(H,24,27). The lowest BCUT2D eigenvalue weighted by Crippen LogP contribution is -2.16. The molecule has 0 saturated heterocycles. The third-order valence-corrected chi connectivity index (χ3v) is 5.17. The highest BCUT2D eigenvalue weighted by Crippen LogP contribution is 2.32. The van der Waals surface area contributed by atoms with Crippen LogP contribution >= 0.6 is 0 Å². The minimum atomic E-state index is -0.0559. The molecule has 1 aliphatic rings. The Balaban J connectivity index is 1.43. The summed E-state index contributed by atoms with van der Waals surface area (Å²) in [7, 11) is 1.64. The molecule has 2 heterocycles. The topological polar surface area (TPSA) is 74.6 Å². The van der Waals surface area contributed by atoms with Crippen LogP contribution in [0.5, 0.6) is 17.2 Å². The maximum absolute atomic E-state index is 12.5. The Morgan fingerprint density at radius 2 is 1.93 bits per heavy atom. The molecule has 156 valence electrons. The Bertz CT molecular complexity index is 1070. The van der Waals surface area contributed by atoms with Crippen molar-refractivity contribution in [1.82, 2.24) is 9.78 Å². The largest absolute Gasteiger partial charge is 0.497 e. The quantitative estimate of drug-likeness (QED) is 0.672. The molecule has 3 aromatic rings. The van der Waals surface area contributed by atoms with E-state index in [1.165, 1.54) is 0 Å². The van der Waals surface area contributed by atoms with Crippen LogP contribution in [-0.2, 0) is 11.2 Å². The van der Waals surface area contributed by atoms with Crippen LogP contribution in [0.4, 0.5) is 5.69 Å². The average Bonchev–Trinajstić information content (AvgIpc) is 3.05. The number of anilines is 1. The lowest BCUT2D eigenvalue weighted by atomic mass is 10.1. The van der Waals surface area contributed by atoms with Gasteiger partial charge in [-0.05, 0) is 50.1 Å². The van der Waals surface area contributed by atoms with E-state index in [4.69, 9.17) is 14.2 Å². The van der Waals surface area contributed by atoms with Gasteiger partial charge in [0.1, 0.15) is 19.0 Å². The van der Waals surface area contributed by atoms with E-state index < -0.39 is 0 Å². The highest BCUT2D eigenvalue weighted by Gasteiger charge is 2.16. The van der Waals surface area contributed by atoms with Gasteiger partial charge in [-0.25, -0.2) is 4.68 Å². The van der Waals surface area contributed by atoms with E-state index in [-0.39, 0.29) is 5.91 Å². The normalized spacial score (nSPS) is 12.5. The molecule has 4 rings (SSSR count). The first-order valence-electron chi connectivity index (χ1n) is 9.94. The smallest absolute Gasteiger partial charge is 0.224 e. The Kier molecular flexibility index (Phi) is 5.61. The number of amides is 1. The Morgan fingerprint density at radius 1 is 1.13 bits per heavy atom. The van der Waals surface area contributed by atoms with E-state index in [1.54, 1.807) is 13.2 Å². The lowest BCUT2D eigenvalue weighted by Gasteiger charge is -2.19. The van der Waals surface area contributed by atoms with Crippen molar-refractivity contribution < 1.29 is 19.0 Å². The van der Waals surface area contributed by atoms with Gasteiger partial charge in [0, 0.05) is 29.9 Å². The van der Waals surface area contributed by atoms with Crippen LogP contribution in [0.2, 0.25) is 0 Å². The fraction of sp³-hybridized carbons (Fsp3) is 0.304. The second kappa shape index (κ2) is 8.49. The number of hydrogen-bond acceptors (Lipinski definition) is 5. The van der Waals surface area contributed by atoms with Gasteiger partial charge in [0.25, 0.3) is 0 Å². The first-order valence-corrected chi connectivity index (χ1v) is 9.94. The summed E-state index contributed by atoms with van der Waals surface area (Å²) in [5, 5.41) is 7.60. The molecule has 0 saturated carbocycles. The highest BCUT2D eigenvalue weighted by molar-refractivity contribution is 5.91. The molecule has 0 spiro atoms. The Morgan fingerprint density at radius 3 is 2.73 bits per heavy atom. The number of carbonyl (C=O) groups is 1. The van der Waals surface area contributed by atoms with Crippen molar-refractivity contribution in [3.63, 3.8) is 0 Å². The molecule has 0 aliphatic carbocycles. The number of nitrogens with one attached hydrogen (secondary N) is 1. The molecule has 1 aromatic heterocycles. The van der Waals surface area contributed by atoms with Crippen molar-refractivity contribution in [1.29, 1.82) is 0 Å². The van der Waals surface area contributed by atoms with Gasteiger partial charge in [0.05, 0.1) is 18.5 Å². The molecule has 1 N–H and O–H groups in total. The molecular weight excluding hydrogens is 382 g/mol. The number of nitrogens with zero attached hydrogens (tertiary/aromatic N) is 2. The van der Waals surface area contributed by atoms with Crippen LogP contribution in [0.15, 0.2) is 42.5 Å². The Hall–Kier alpha value is -3.48. The molecule has 0 radical (unpaired) electrons. The molecule has 0 bridgehead atoms. The summed E-state index contributed by atoms with van der Waals surface area (Å²) in [6.45, 7) is 5.05. The SMILES string of the molecule is COc1cccc(-n2nc(C)c(CCC(=O)Nc3ccc4c(c3)OCCO4)c2C)c1. The maximum atomic E-state index is 12.5. The van der Waals surface area contributed by atoms with Crippen LogP contribution in [0.25, 0.3) is 5.69 Å². The summed E-state index contributed by atoms with van der Waals surface area (Å²) in [5.41, 5.74) is 4.65. The van der Waals surface area contributed by atoms with Crippen LogP contribution in [0.1, 0.15) is 23.4 Å². The van der Waals surface area contributed by atoms with E-state index in [0.29, 0.717) is 43.2 Å². The van der Waals surface area contributed by atoms with Crippen LogP contribution in [-0.4, -0.2) is 36.0 Å². The van der Waals surface area contributed by atoms with Gasteiger partial charge < -0.3 is 19.5 Å². The number of rotatable bonds is 6. The van der Waals surface area contributed by atoms with Gasteiger partial charge in [0.2, 0.25) is 5.91 Å². The van der Waals surface area contributed by atoms with E-state index >= 15 is 0 Å². The molecule has 1 aliphatic heterocycles. The van der Waals surface area contributed by atoms with Crippen molar-refractivity contribution in [2.24, 2.45) is 0 Å². The van der Waals surface area contributed by atoms with Gasteiger partial charge in [0.15, 0.2) is 11.5 Å². The number of methoxy groups -OCH3 is 1. The second-order valence-electron chi connectivity index (χ2n) is 7.17. The number of fused-ring (bicyclic) bond motifs is 1. The summed E-state index contributed by atoms with van der Waals surface area (Å²) in [4.78, 5) is 12.5. The molecule has 7 nitrogen and oxygen atoms in total. The number of carbonyl (C=O) groups excluding carboxylic acids is 1. The monoisotopic (exact) mass is 407 g/mol. The van der Waals surface area contributed by atoms with E-state index in [0.717, 1.165) is 28.4 Å². The van der Waals surface area contributed by atoms with Crippen molar-refractivity contribution in [3.8, 4) is 22.9 Å². The van der Waals surface area contributed by atoms with Gasteiger partial charge in [-0.3, -0.25) is 4.79 Å². The molecule has 1 amide bonds. The van der Waals surface area contributed by atoms with Crippen molar-refractivity contribution in [2.45, 2.75) is 26.7 Å². The molecule has 0 unspecified atom stereocenters. The van der Waals surface area contributed by atoms with Crippen LogP contribution in [0, 0.1) is 13.8 Å². The third kappa shape index (κ3) is 4.10. The molecule has 2 aromatic carbocycles. The van der Waals surface area contributed by atoms with Gasteiger partial charge in [-0.1, -0.05) is 6.07 Å². The van der Waals surface area contributed by atoms with Gasteiger partial charge >= 0.3 is 0 Å². The average molecular weight is 407 g/mol. The number of aromatic nitrogens is 2. The summed E-state index contributed by atoms with van der Waals surface area (Å²) >= 11 is 0. The van der Waals surface area contributed by atoms with E-state index in [9.17, 15) is 4.79 Å². The van der Waals surface area contributed by atoms with E-state index in [1.807, 2.05) is 54.9 Å². The predicted octanol–water partition coefficient (Wildman–Crippen LogP) is 3.84. The minimum Gasteiger partial charge on any atom is -0.497 e. The fourth-order valence-corrected chi connectivity index (χ4v) is 3.61. The summed E-state index contributed by atoms with van der Waals surface area (Å²) in [5.74, 6) is 2.08. The van der Waals surface area contributed by atoms with E-state index in [2.05, 4.69) is 10.4 Å². The summed E-state index contributed by atoms with van der Waals surface area (Å²) < 4.78 is 18.3. The number of benzene rings is 2. The zero-order chi connectivity index (χ0) is 21.1. The molecule has 0 atom stereocenters. The maximum Gasteiger partial charge on any atom is 0.224 e. The Labute approximate surface area is 175 Å².